The van der Waals surface area contributed by atoms with E-state index >= 15 is 0 Å². The molecule has 2 rings (SSSR count). The van der Waals surface area contributed by atoms with Crippen molar-refractivity contribution in [3.8, 4) is 0 Å². The third kappa shape index (κ3) is 1.67. The molecule has 0 saturated heterocycles. The largest absolute Gasteiger partial charge is 0.397 e. The maximum atomic E-state index is 6.00. The topological polar surface area (TPSA) is 43.8 Å². The van der Waals surface area contributed by atoms with Crippen LogP contribution in [0.3, 0.4) is 0 Å². The molecule has 0 bridgehead atoms. The fraction of sp³-hybridized carbons (Fsp3) is 0.364. The Morgan fingerprint density at radius 1 is 1.40 bits per heavy atom. The predicted molar refractivity (Wildman–Crippen MR) is 64.3 cm³/mol. The molecule has 0 radical (unpaired) electrons. The molecule has 15 heavy (non-hydrogen) atoms. The van der Waals surface area contributed by atoms with E-state index < -0.39 is 0 Å². The summed E-state index contributed by atoms with van der Waals surface area (Å²) in [5.74, 6) is 1.53. The number of aromatic nitrogens is 2. The van der Waals surface area contributed by atoms with Gasteiger partial charge in [-0.1, -0.05) is 0 Å². The average Bonchev–Trinajstić information content (AvgIpc) is 2.43. The van der Waals surface area contributed by atoms with E-state index in [1.54, 1.807) is 0 Å². The van der Waals surface area contributed by atoms with Crippen LogP contribution < -0.4 is 5.73 Å². The lowest BCUT2D eigenvalue weighted by Crippen LogP contribution is -2.03. The van der Waals surface area contributed by atoms with Crippen molar-refractivity contribution in [3.63, 3.8) is 0 Å². The van der Waals surface area contributed by atoms with Crippen molar-refractivity contribution < 1.29 is 0 Å². The molecule has 80 valence electrons. The van der Waals surface area contributed by atoms with E-state index in [1.165, 1.54) is 0 Å². The Bertz CT molecular complexity index is 502. The normalized spacial score (nSPS) is 11.1. The summed E-state index contributed by atoms with van der Waals surface area (Å²) in [5.41, 5.74) is 9.86. The van der Waals surface area contributed by atoms with Gasteiger partial charge in [-0.15, -0.1) is 11.6 Å². The lowest BCUT2D eigenvalue weighted by Gasteiger charge is -2.06. The van der Waals surface area contributed by atoms with Gasteiger partial charge in [0.1, 0.15) is 5.82 Å². The smallest absolute Gasteiger partial charge is 0.106 e. The molecule has 0 aliphatic carbocycles. The zero-order valence-corrected chi connectivity index (χ0v) is 9.67. The number of halogens is 1. The van der Waals surface area contributed by atoms with Crippen LogP contribution in [0.5, 0.6) is 0 Å². The number of benzene rings is 1. The van der Waals surface area contributed by atoms with Gasteiger partial charge in [-0.2, -0.15) is 0 Å². The van der Waals surface area contributed by atoms with Crippen LogP contribution in [0.2, 0.25) is 0 Å². The van der Waals surface area contributed by atoms with Crippen molar-refractivity contribution in [2.75, 3.05) is 11.6 Å². The first-order valence-corrected chi connectivity index (χ1v) is 5.46. The second-order valence-corrected chi connectivity index (χ2v) is 4.10. The summed E-state index contributed by atoms with van der Waals surface area (Å²) in [4.78, 5) is 4.48. The summed E-state index contributed by atoms with van der Waals surface area (Å²) < 4.78 is 2.07. The van der Waals surface area contributed by atoms with Crippen LogP contribution >= 0.6 is 11.6 Å². The average molecular weight is 224 g/mol. The Hall–Kier alpha value is -1.22. The molecule has 4 heteroatoms. The molecule has 0 atom stereocenters. The molecule has 0 saturated carbocycles. The van der Waals surface area contributed by atoms with E-state index in [2.05, 4.69) is 9.55 Å². The zero-order valence-electron chi connectivity index (χ0n) is 8.92. The van der Waals surface area contributed by atoms with Crippen LogP contribution in [0, 0.1) is 13.8 Å². The summed E-state index contributed by atoms with van der Waals surface area (Å²) in [6.07, 6.45) is 0. The first kappa shape index (κ1) is 10.3. The van der Waals surface area contributed by atoms with Crippen molar-refractivity contribution >= 4 is 28.3 Å². The number of alkyl halides is 1. The highest BCUT2D eigenvalue weighted by Crippen LogP contribution is 2.24. The zero-order chi connectivity index (χ0) is 11.0. The molecular formula is C11H14ClN3. The summed E-state index contributed by atoms with van der Waals surface area (Å²) in [6, 6.07) is 4.01. The molecule has 0 spiro atoms. The number of fused-ring (bicyclic) bond motifs is 1. The lowest BCUT2D eigenvalue weighted by atomic mass is 10.2. The fourth-order valence-electron chi connectivity index (χ4n) is 1.92. The van der Waals surface area contributed by atoms with Crippen LogP contribution in [0.25, 0.3) is 11.0 Å². The van der Waals surface area contributed by atoms with Gasteiger partial charge < -0.3 is 10.3 Å². The number of nitrogen functional groups attached to an aromatic ring is 1. The Morgan fingerprint density at radius 2 is 2.13 bits per heavy atom. The molecule has 1 aromatic heterocycles. The maximum absolute atomic E-state index is 6.00. The molecule has 2 N–H and O–H groups in total. The van der Waals surface area contributed by atoms with Gasteiger partial charge in [0.15, 0.2) is 0 Å². The van der Waals surface area contributed by atoms with E-state index in [1.807, 2.05) is 26.0 Å². The maximum Gasteiger partial charge on any atom is 0.106 e. The van der Waals surface area contributed by atoms with Crippen LogP contribution in [0.1, 0.15) is 11.4 Å². The second kappa shape index (κ2) is 3.74. The quantitative estimate of drug-likeness (QED) is 0.628. The first-order valence-electron chi connectivity index (χ1n) is 4.92. The molecule has 0 aliphatic heterocycles. The van der Waals surface area contributed by atoms with Gasteiger partial charge >= 0.3 is 0 Å². The van der Waals surface area contributed by atoms with Gasteiger partial charge in [-0.25, -0.2) is 4.98 Å². The van der Waals surface area contributed by atoms with Crippen LogP contribution in [0.4, 0.5) is 5.69 Å². The number of rotatable bonds is 2. The predicted octanol–water partition coefficient (Wildman–Crippen LogP) is 2.47. The molecule has 3 nitrogen and oxygen atoms in total. The van der Waals surface area contributed by atoms with Gasteiger partial charge in [-0.05, 0) is 31.5 Å². The van der Waals surface area contributed by atoms with Crippen molar-refractivity contribution in [2.45, 2.75) is 20.4 Å². The van der Waals surface area contributed by atoms with E-state index in [4.69, 9.17) is 17.3 Å². The fourth-order valence-corrected chi connectivity index (χ4v) is 2.09. The molecule has 0 fully saturated rings. The summed E-state index contributed by atoms with van der Waals surface area (Å²) in [5, 5.41) is 0. The van der Waals surface area contributed by atoms with Gasteiger partial charge in [0.05, 0.1) is 16.7 Å². The minimum Gasteiger partial charge on any atom is -0.397 e. The number of anilines is 1. The molecule has 0 aliphatic rings. The van der Waals surface area contributed by atoms with Gasteiger partial charge in [0.25, 0.3) is 0 Å². The summed E-state index contributed by atoms with van der Waals surface area (Å²) in [7, 11) is 0. The van der Waals surface area contributed by atoms with Crippen LogP contribution in [-0.4, -0.2) is 15.4 Å². The Morgan fingerprint density at radius 3 is 2.80 bits per heavy atom. The number of aryl methyl sites for hydroxylation is 3. The minimum absolute atomic E-state index is 0.569. The number of hydrogen-bond acceptors (Lipinski definition) is 2. The second-order valence-electron chi connectivity index (χ2n) is 3.72. The van der Waals surface area contributed by atoms with E-state index in [-0.39, 0.29) is 0 Å². The Balaban J connectivity index is 2.75. The van der Waals surface area contributed by atoms with Crippen molar-refractivity contribution in [1.82, 2.24) is 9.55 Å². The number of hydrogen-bond donors (Lipinski definition) is 1. The highest BCUT2D eigenvalue weighted by atomic mass is 35.5. The van der Waals surface area contributed by atoms with Crippen molar-refractivity contribution in [3.05, 3.63) is 23.5 Å². The lowest BCUT2D eigenvalue weighted by molar-refractivity contribution is 0.759. The Labute approximate surface area is 93.9 Å². The number of imidazole rings is 1. The standard InChI is InChI=1S/C11H14ClN3/c1-7-5-9(13)11-10(6-7)14-8(2)15(11)4-3-12/h5-6H,3-4,13H2,1-2H3. The van der Waals surface area contributed by atoms with Crippen molar-refractivity contribution in [2.24, 2.45) is 0 Å². The van der Waals surface area contributed by atoms with E-state index in [0.29, 0.717) is 5.88 Å². The molecule has 1 heterocycles. The molecular weight excluding hydrogens is 210 g/mol. The number of nitrogens with zero attached hydrogens (tertiary/aromatic N) is 2. The van der Waals surface area contributed by atoms with Gasteiger partial charge in [-0.3, -0.25) is 0 Å². The van der Waals surface area contributed by atoms with Crippen LogP contribution in [-0.2, 0) is 6.54 Å². The van der Waals surface area contributed by atoms with Gasteiger partial charge in [0, 0.05) is 12.4 Å². The highest BCUT2D eigenvalue weighted by Gasteiger charge is 2.10. The number of nitrogens with two attached hydrogens (primary N) is 1. The first-order chi connectivity index (χ1) is 7.13. The molecule has 0 amide bonds. The molecule has 1 aromatic carbocycles. The third-order valence-corrected chi connectivity index (χ3v) is 2.68. The SMILES string of the molecule is Cc1cc(N)c2c(c1)nc(C)n2CCCl. The monoisotopic (exact) mass is 223 g/mol. The molecule has 0 unspecified atom stereocenters. The highest BCUT2D eigenvalue weighted by molar-refractivity contribution is 6.17. The van der Waals surface area contributed by atoms with Gasteiger partial charge in [0.2, 0.25) is 0 Å². The minimum atomic E-state index is 0.569. The summed E-state index contributed by atoms with van der Waals surface area (Å²) >= 11 is 5.76. The van der Waals surface area contributed by atoms with Crippen LogP contribution in [0.15, 0.2) is 12.1 Å². The van der Waals surface area contributed by atoms with E-state index in [9.17, 15) is 0 Å². The molecule has 2 aromatic rings. The van der Waals surface area contributed by atoms with E-state index in [0.717, 1.165) is 34.7 Å². The Kier molecular flexibility index (Phi) is 2.57. The van der Waals surface area contributed by atoms with Crippen molar-refractivity contribution in [1.29, 1.82) is 0 Å². The summed E-state index contributed by atoms with van der Waals surface area (Å²) in [6.45, 7) is 4.74. The third-order valence-electron chi connectivity index (χ3n) is 2.51.